The molecule has 0 bridgehead atoms. The predicted molar refractivity (Wildman–Crippen MR) is 79.8 cm³/mol. The Balaban J connectivity index is 3.26. The van der Waals surface area contributed by atoms with E-state index in [1.165, 1.54) is 12.1 Å². The maximum atomic E-state index is 11.6. The maximum absolute atomic E-state index is 11.6. The van der Waals surface area contributed by atoms with Crippen molar-refractivity contribution in [2.75, 3.05) is 0 Å². The van der Waals surface area contributed by atoms with Gasteiger partial charge in [-0.05, 0) is 30.5 Å². The van der Waals surface area contributed by atoms with Crippen molar-refractivity contribution in [2.24, 2.45) is 17.2 Å². The number of carbonyl (C=O) groups excluding carboxylic acids is 3. The van der Waals surface area contributed by atoms with Crippen molar-refractivity contribution in [3.8, 4) is 0 Å². The first kappa shape index (κ1) is 16.7. The zero-order valence-electron chi connectivity index (χ0n) is 12.1. The summed E-state index contributed by atoms with van der Waals surface area (Å²) < 4.78 is 0. The Morgan fingerprint density at radius 3 is 1.76 bits per heavy atom. The van der Waals surface area contributed by atoms with E-state index >= 15 is 0 Å². The second-order valence-corrected chi connectivity index (χ2v) is 4.95. The van der Waals surface area contributed by atoms with Gasteiger partial charge in [0.05, 0.1) is 0 Å². The summed E-state index contributed by atoms with van der Waals surface area (Å²) in [5, 5.41) is 0. The minimum atomic E-state index is -0.738. The van der Waals surface area contributed by atoms with Gasteiger partial charge in [0.1, 0.15) is 0 Å². The van der Waals surface area contributed by atoms with E-state index in [-0.39, 0.29) is 16.7 Å². The number of unbranched alkanes of at least 4 members (excludes halogenated alkanes) is 3. The van der Waals surface area contributed by atoms with Crippen LogP contribution < -0.4 is 17.2 Å². The van der Waals surface area contributed by atoms with Crippen molar-refractivity contribution in [2.45, 2.75) is 39.0 Å². The zero-order chi connectivity index (χ0) is 16.0. The van der Waals surface area contributed by atoms with Gasteiger partial charge in [0.2, 0.25) is 17.7 Å². The van der Waals surface area contributed by atoms with E-state index in [1.54, 1.807) is 0 Å². The van der Waals surface area contributed by atoms with E-state index in [9.17, 15) is 14.4 Å². The third-order valence-corrected chi connectivity index (χ3v) is 3.35. The molecule has 1 rings (SSSR count). The van der Waals surface area contributed by atoms with Crippen LogP contribution in [0.3, 0.4) is 0 Å². The van der Waals surface area contributed by atoms with E-state index in [0.29, 0.717) is 12.0 Å². The number of rotatable bonds is 8. The van der Waals surface area contributed by atoms with Crippen molar-refractivity contribution in [3.05, 3.63) is 34.4 Å². The Hall–Kier alpha value is -2.37. The Labute approximate surface area is 123 Å². The number of amides is 3. The minimum Gasteiger partial charge on any atom is -0.366 e. The lowest BCUT2D eigenvalue weighted by Gasteiger charge is -2.13. The van der Waals surface area contributed by atoms with E-state index in [2.05, 4.69) is 6.92 Å². The molecule has 21 heavy (non-hydrogen) atoms. The Morgan fingerprint density at radius 1 is 0.857 bits per heavy atom. The molecule has 6 nitrogen and oxygen atoms in total. The molecule has 0 atom stereocenters. The first-order valence-electron chi connectivity index (χ1n) is 6.94. The van der Waals surface area contributed by atoms with E-state index in [0.717, 1.165) is 25.7 Å². The average molecular weight is 291 g/mol. The molecule has 1 aromatic carbocycles. The molecule has 0 heterocycles. The van der Waals surface area contributed by atoms with Gasteiger partial charge in [0.15, 0.2) is 0 Å². The smallest absolute Gasteiger partial charge is 0.249 e. The van der Waals surface area contributed by atoms with Gasteiger partial charge in [0, 0.05) is 16.7 Å². The lowest BCUT2D eigenvalue weighted by atomic mass is 9.92. The van der Waals surface area contributed by atoms with Gasteiger partial charge in [0.25, 0.3) is 0 Å². The molecule has 0 saturated heterocycles. The monoisotopic (exact) mass is 291 g/mol. The molecule has 0 fully saturated rings. The number of primary amides is 3. The highest BCUT2D eigenvalue weighted by molar-refractivity contribution is 6.05. The van der Waals surface area contributed by atoms with Gasteiger partial charge in [-0.3, -0.25) is 14.4 Å². The summed E-state index contributed by atoms with van der Waals surface area (Å²) in [6, 6.07) is 2.65. The standard InChI is InChI=1S/C15H21N3O3/c1-2-3-4-5-6-10-11(14(17)20)7-9(13(16)19)8-12(10)15(18)21/h7-8H,2-6H2,1H3,(H2,16,19)(H2,17,20)(H2,18,21). The molecule has 1 aromatic rings. The zero-order valence-corrected chi connectivity index (χ0v) is 12.1. The van der Waals surface area contributed by atoms with E-state index in [4.69, 9.17) is 17.2 Å². The highest BCUT2D eigenvalue weighted by Gasteiger charge is 2.19. The minimum absolute atomic E-state index is 0.0508. The maximum Gasteiger partial charge on any atom is 0.249 e. The third-order valence-electron chi connectivity index (χ3n) is 3.35. The summed E-state index contributed by atoms with van der Waals surface area (Å²) in [5.74, 6) is -2.14. The molecular weight excluding hydrogens is 270 g/mol. The Morgan fingerprint density at radius 2 is 1.38 bits per heavy atom. The molecule has 0 aliphatic heterocycles. The lowest BCUT2D eigenvalue weighted by Crippen LogP contribution is -2.23. The molecule has 0 aliphatic rings. The molecule has 0 spiro atoms. The summed E-state index contributed by atoms with van der Waals surface area (Å²) in [6.45, 7) is 2.09. The van der Waals surface area contributed by atoms with Crippen LogP contribution in [0.1, 0.15) is 69.2 Å². The Kier molecular flexibility index (Phi) is 5.90. The van der Waals surface area contributed by atoms with Crippen LogP contribution in [0.15, 0.2) is 12.1 Å². The largest absolute Gasteiger partial charge is 0.366 e. The molecular formula is C15H21N3O3. The molecule has 6 heteroatoms. The normalized spacial score (nSPS) is 10.3. The van der Waals surface area contributed by atoms with Crippen LogP contribution in [0.5, 0.6) is 0 Å². The molecule has 0 unspecified atom stereocenters. The van der Waals surface area contributed by atoms with Crippen LogP contribution in [0.2, 0.25) is 0 Å². The van der Waals surface area contributed by atoms with Gasteiger partial charge in [-0.25, -0.2) is 0 Å². The van der Waals surface area contributed by atoms with Crippen molar-refractivity contribution >= 4 is 17.7 Å². The van der Waals surface area contributed by atoms with Crippen LogP contribution in [0, 0.1) is 0 Å². The summed E-state index contributed by atoms with van der Waals surface area (Å²) in [6.07, 6.45) is 4.44. The summed E-state index contributed by atoms with van der Waals surface area (Å²) in [5.41, 5.74) is 16.7. The average Bonchev–Trinajstić information content (AvgIpc) is 2.42. The predicted octanol–water partition coefficient (Wildman–Crippen LogP) is 1.11. The summed E-state index contributed by atoms with van der Waals surface area (Å²) in [7, 11) is 0. The van der Waals surface area contributed by atoms with Gasteiger partial charge < -0.3 is 17.2 Å². The van der Waals surface area contributed by atoms with Crippen molar-refractivity contribution in [1.29, 1.82) is 0 Å². The molecule has 0 radical (unpaired) electrons. The van der Waals surface area contributed by atoms with Crippen LogP contribution in [0.25, 0.3) is 0 Å². The van der Waals surface area contributed by atoms with Gasteiger partial charge in [-0.1, -0.05) is 26.2 Å². The van der Waals surface area contributed by atoms with Crippen molar-refractivity contribution in [1.82, 2.24) is 0 Å². The highest BCUT2D eigenvalue weighted by Crippen LogP contribution is 2.20. The lowest BCUT2D eigenvalue weighted by molar-refractivity contribution is 0.0998. The molecule has 0 aliphatic carbocycles. The van der Waals surface area contributed by atoms with Crippen LogP contribution in [0.4, 0.5) is 0 Å². The summed E-state index contributed by atoms with van der Waals surface area (Å²) in [4.78, 5) is 34.4. The van der Waals surface area contributed by atoms with Crippen LogP contribution in [-0.2, 0) is 6.42 Å². The van der Waals surface area contributed by atoms with Crippen molar-refractivity contribution < 1.29 is 14.4 Å². The fraction of sp³-hybridized carbons (Fsp3) is 0.400. The first-order chi connectivity index (χ1) is 9.88. The van der Waals surface area contributed by atoms with Gasteiger partial charge in [-0.2, -0.15) is 0 Å². The molecule has 3 amide bonds. The first-order valence-corrected chi connectivity index (χ1v) is 6.94. The van der Waals surface area contributed by atoms with E-state index in [1.807, 2.05) is 0 Å². The van der Waals surface area contributed by atoms with Crippen molar-refractivity contribution in [3.63, 3.8) is 0 Å². The Bertz CT molecular complexity index is 532. The second-order valence-electron chi connectivity index (χ2n) is 4.95. The fourth-order valence-corrected chi connectivity index (χ4v) is 2.25. The number of carbonyl (C=O) groups is 3. The van der Waals surface area contributed by atoms with Gasteiger partial charge >= 0.3 is 0 Å². The number of benzene rings is 1. The second kappa shape index (κ2) is 7.42. The quantitative estimate of drug-likeness (QED) is 0.620. The van der Waals surface area contributed by atoms with Crippen LogP contribution >= 0.6 is 0 Å². The molecule has 6 N–H and O–H groups in total. The fourth-order valence-electron chi connectivity index (χ4n) is 2.25. The number of hydrogen-bond acceptors (Lipinski definition) is 3. The summed E-state index contributed by atoms with van der Waals surface area (Å²) >= 11 is 0. The topological polar surface area (TPSA) is 129 Å². The molecule has 0 saturated carbocycles. The molecule has 0 aromatic heterocycles. The number of nitrogens with two attached hydrogens (primary N) is 3. The van der Waals surface area contributed by atoms with Crippen LogP contribution in [-0.4, -0.2) is 17.7 Å². The number of hydrogen-bond donors (Lipinski definition) is 3. The molecule has 114 valence electrons. The SMILES string of the molecule is CCCCCCc1c(C(N)=O)cc(C(N)=O)cc1C(N)=O. The highest BCUT2D eigenvalue weighted by atomic mass is 16.2. The van der Waals surface area contributed by atoms with E-state index < -0.39 is 17.7 Å². The van der Waals surface area contributed by atoms with Gasteiger partial charge in [-0.15, -0.1) is 0 Å². The third kappa shape index (κ3) is 4.30.